The maximum atomic E-state index is 15.7. The van der Waals surface area contributed by atoms with Gasteiger partial charge in [-0.05, 0) is 71.9 Å². The number of allylic oxidation sites excluding steroid dienone is 5. The van der Waals surface area contributed by atoms with Gasteiger partial charge >= 0.3 is 0 Å². The van der Waals surface area contributed by atoms with E-state index < -0.39 is 40.6 Å². The summed E-state index contributed by atoms with van der Waals surface area (Å²) in [4.78, 5) is 1.38. The zero-order valence-electron chi connectivity index (χ0n) is 26.9. The third-order valence-corrected chi connectivity index (χ3v) is 9.20. The normalized spacial score (nSPS) is 19.2. The molecule has 6 rings (SSSR count). The van der Waals surface area contributed by atoms with Gasteiger partial charge in [-0.2, -0.15) is 15.6 Å². The average Bonchev–Trinajstić information content (AvgIpc) is 3.53. The monoisotopic (exact) mass is 649 g/mol. The molecule has 5 nitrogen and oxygen atoms in total. The molecular weight excluding hydrogens is 614 g/mol. The molecule has 2 aliphatic heterocycles. The van der Waals surface area contributed by atoms with Crippen LogP contribution in [0.3, 0.4) is 0 Å². The van der Waals surface area contributed by atoms with Crippen LogP contribution in [0.4, 0.5) is 28.9 Å². The number of nitrogens with zero attached hydrogens (tertiary/aromatic N) is 5. The first kappa shape index (κ1) is 32.8. The fourth-order valence-electron chi connectivity index (χ4n) is 6.94. The number of hydrazone groups is 1. The molecule has 0 amide bonds. The van der Waals surface area contributed by atoms with Crippen molar-refractivity contribution in [2.45, 2.75) is 58.4 Å². The Kier molecular flexibility index (Phi) is 9.24. The van der Waals surface area contributed by atoms with Gasteiger partial charge in [-0.1, -0.05) is 74.5 Å². The zero-order valence-corrected chi connectivity index (χ0v) is 26.9. The van der Waals surface area contributed by atoms with Crippen molar-refractivity contribution in [3.8, 4) is 12.1 Å². The van der Waals surface area contributed by atoms with Crippen molar-refractivity contribution in [2.24, 2.45) is 10.5 Å². The molecule has 0 spiro atoms. The van der Waals surface area contributed by atoms with E-state index in [-0.39, 0.29) is 23.1 Å². The second-order valence-corrected chi connectivity index (χ2v) is 13.3. The van der Waals surface area contributed by atoms with Crippen molar-refractivity contribution in [3.05, 3.63) is 123 Å². The van der Waals surface area contributed by atoms with Crippen LogP contribution in [0.25, 0.3) is 6.08 Å². The van der Waals surface area contributed by atoms with Gasteiger partial charge in [-0.3, -0.25) is 5.01 Å². The molecule has 0 N–H and O–H groups in total. The summed E-state index contributed by atoms with van der Waals surface area (Å²) in [5.74, 6) is -5.65. The van der Waals surface area contributed by atoms with Crippen LogP contribution in [0.15, 0.2) is 88.6 Å². The van der Waals surface area contributed by atoms with Crippen LogP contribution < -0.4 is 9.91 Å². The average molecular weight is 650 g/mol. The molecule has 0 bridgehead atoms. The van der Waals surface area contributed by atoms with E-state index in [0.29, 0.717) is 38.0 Å². The molecule has 3 aliphatic rings. The van der Waals surface area contributed by atoms with Gasteiger partial charge in [0.1, 0.15) is 23.4 Å². The molecule has 3 aromatic carbocycles. The SMILES string of the molecule is CC1(C)CC(C=Cc2ccc(N3N=C(c4c(F)c(F)c(N5CCCCC5)c(F)c4F)CC3c3ccccc3)cc2)=CC(=C(C#N)C#N)C1. The summed E-state index contributed by atoms with van der Waals surface area (Å²) in [6.07, 6.45) is 9.58. The number of anilines is 2. The summed E-state index contributed by atoms with van der Waals surface area (Å²) in [7, 11) is 0. The first-order chi connectivity index (χ1) is 23.1. The van der Waals surface area contributed by atoms with Gasteiger partial charge in [-0.15, -0.1) is 0 Å². The minimum atomic E-state index is -1.43. The van der Waals surface area contributed by atoms with Crippen molar-refractivity contribution in [1.82, 2.24) is 0 Å². The van der Waals surface area contributed by atoms with E-state index in [1.54, 1.807) is 5.01 Å². The van der Waals surface area contributed by atoms with E-state index in [9.17, 15) is 10.5 Å². The third kappa shape index (κ3) is 6.51. The van der Waals surface area contributed by atoms with Crippen LogP contribution in [0.2, 0.25) is 0 Å². The standard InChI is InChI=1S/C39H35F4N5/c1-39(2)21-26(19-28(22-39)29(23-44)24-45)12-11-25-13-15-30(16-14-25)48-32(27-9-5-3-6-10-27)20-31(46-48)33-34(40)36(42)38(37(43)35(33)41)47-17-7-4-8-18-47/h3,5-6,9-16,19,32H,4,7-8,17-18,20-22H2,1-2H3. The van der Waals surface area contributed by atoms with Gasteiger partial charge in [0, 0.05) is 19.5 Å². The Bertz CT molecular complexity index is 1880. The first-order valence-electron chi connectivity index (χ1n) is 16.1. The minimum Gasteiger partial charge on any atom is -0.367 e. The van der Waals surface area contributed by atoms with E-state index in [1.807, 2.05) is 85.0 Å². The van der Waals surface area contributed by atoms with E-state index in [4.69, 9.17) is 0 Å². The molecule has 48 heavy (non-hydrogen) atoms. The van der Waals surface area contributed by atoms with Crippen LogP contribution in [0.5, 0.6) is 0 Å². The highest BCUT2D eigenvalue weighted by Crippen LogP contribution is 2.41. The second-order valence-electron chi connectivity index (χ2n) is 13.3. The third-order valence-electron chi connectivity index (χ3n) is 9.20. The highest BCUT2D eigenvalue weighted by molar-refractivity contribution is 6.04. The Morgan fingerprint density at radius 3 is 2.10 bits per heavy atom. The van der Waals surface area contributed by atoms with Crippen molar-refractivity contribution >= 4 is 23.2 Å². The van der Waals surface area contributed by atoms with Crippen molar-refractivity contribution in [2.75, 3.05) is 23.0 Å². The molecule has 1 saturated heterocycles. The van der Waals surface area contributed by atoms with E-state index in [1.165, 1.54) is 4.90 Å². The quantitative estimate of drug-likeness (QED) is 0.152. The van der Waals surface area contributed by atoms with Crippen LogP contribution in [0, 0.1) is 51.3 Å². The summed E-state index contributed by atoms with van der Waals surface area (Å²) in [5, 5.41) is 25.0. The molecule has 244 valence electrons. The number of rotatable bonds is 6. The Balaban J connectivity index is 1.33. The molecule has 1 aliphatic carbocycles. The zero-order chi connectivity index (χ0) is 34.0. The van der Waals surface area contributed by atoms with Crippen LogP contribution in [-0.2, 0) is 0 Å². The minimum absolute atomic E-state index is 0.0363. The van der Waals surface area contributed by atoms with Gasteiger partial charge in [-0.25, -0.2) is 17.6 Å². The van der Waals surface area contributed by atoms with Crippen molar-refractivity contribution < 1.29 is 17.6 Å². The Hall–Kier alpha value is -5.15. The second kappa shape index (κ2) is 13.5. The number of halogens is 4. The number of nitriles is 2. The summed E-state index contributed by atoms with van der Waals surface area (Å²) < 4.78 is 62.2. The number of piperidine rings is 1. The molecule has 0 aromatic heterocycles. The topological polar surface area (TPSA) is 66.4 Å². The molecule has 9 heteroatoms. The molecule has 1 unspecified atom stereocenters. The lowest BCUT2D eigenvalue weighted by Gasteiger charge is -2.30. The summed E-state index contributed by atoms with van der Waals surface area (Å²) in [5.41, 5.74) is 2.60. The van der Waals surface area contributed by atoms with Gasteiger partial charge in [0.05, 0.1) is 23.0 Å². The van der Waals surface area contributed by atoms with Gasteiger partial charge in [0.25, 0.3) is 0 Å². The predicted octanol–water partition coefficient (Wildman–Crippen LogP) is 9.69. The molecule has 1 fully saturated rings. The number of benzene rings is 3. The lowest BCUT2D eigenvalue weighted by molar-refractivity contribution is 0.354. The smallest absolute Gasteiger partial charge is 0.186 e. The molecule has 0 radical (unpaired) electrons. The van der Waals surface area contributed by atoms with Crippen molar-refractivity contribution in [3.63, 3.8) is 0 Å². The first-order valence-corrected chi connectivity index (χ1v) is 16.1. The maximum absolute atomic E-state index is 15.7. The number of hydrogen-bond acceptors (Lipinski definition) is 5. The van der Waals surface area contributed by atoms with Crippen molar-refractivity contribution in [1.29, 1.82) is 10.5 Å². The molecule has 3 aromatic rings. The van der Waals surface area contributed by atoms with Crippen LogP contribution in [-0.4, -0.2) is 18.8 Å². The van der Waals surface area contributed by atoms with E-state index in [0.717, 1.165) is 35.1 Å². The molecular formula is C39H35F4N5. The predicted molar refractivity (Wildman–Crippen MR) is 180 cm³/mol. The fraction of sp³-hybridized carbons (Fsp3) is 0.308. The molecule has 0 saturated carbocycles. The van der Waals surface area contributed by atoms with E-state index >= 15 is 17.6 Å². The summed E-state index contributed by atoms with van der Waals surface area (Å²) in [6, 6.07) is 20.3. The molecule has 2 heterocycles. The van der Waals surface area contributed by atoms with Gasteiger partial charge in [0.2, 0.25) is 0 Å². The largest absolute Gasteiger partial charge is 0.367 e. The van der Waals surface area contributed by atoms with E-state index in [2.05, 4.69) is 18.9 Å². The fourth-order valence-corrected chi connectivity index (χ4v) is 6.94. The summed E-state index contributed by atoms with van der Waals surface area (Å²) in [6.45, 7) is 4.87. The number of hydrogen-bond donors (Lipinski definition) is 0. The summed E-state index contributed by atoms with van der Waals surface area (Å²) >= 11 is 0. The van der Waals surface area contributed by atoms with Crippen LogP contribution >= 0.6 is 0 Å². The van der Waals surface area contributed by atoms with Gasteiger partial charge < -0.3 is 4.90 Å². The Labute approximate surface area is 278 Å². The lowest BCUT2D eigenvalue weighted by Crippen LogP contribution is -2.32. The molecule has 1 atom stereocenters. The lowest BCUT2D eigenvalue weighted by atomic mass is 9.74. The highest BCUT2D eigenvalue weighted by atomic mass is 19.2. The Morgan fingerprint density at radius 1 is 0.833 bits per heavy atom. The van der Waals surface area contributed by atoms with Crippen LogP contribution in [0.1, 0.15) is 75.1 Å². The maximum Gasteiger partial charge on any atom is 0.186 e. The highest BCUT2D eigenvalue weighted by Gasteiger charge is 2.37. The Morgan fingerprint density at radius 2 is 1.48 bits per heavy atom. The van der Waals surface area contributed by atoms with Gasteiger partial charge in [0.15, 0.2) is 23.3 Å².